The molecular formula is C22H25N2O4+. The van der Waals surface area contributed by atoms with Gasteiger partial charge in [-0.05, 0) is 30.2 Å². The van der Waals surface area contributed by atoms with Gasteiger partial charge >= 0.3 is 5.97 Å². The van der Waals surface area contributed by atoms with Gasteiger partial charge in [-0.15, -0.1) is 0 Å². The molecule has 3 rings (SSSR count). The van der Waals surface area contributed by atoms with Gasteiger partial charge in [-0.1, -0.05) is 24.1 Å². The van der Waals surface area contributed by atoms with Crippen molar-refractivity contribution >= 4 is 11.9 Å². The molecule has 2 aromatic rings. The standard InChI is InChI=1S/C22H24N2O4/c1-24(2)14-12-22(13-15-24,16-20(25)26)23-21(27)19-11-10-18(28-19)9-8-17-6-4-3-5-7-17/h3-7,10-11H,12-16H2,1-2H3,(H-,23,25,26,27)/p+1. The van der Waals surface area contributed by atoms with Crippen molar-refractivity contribution in [1.82, 2.24) is 5.32 Å². The second-order valence-electron chi connectivity index (χ2n) is 7.97. The number of aliphatic carboxylic acids is 1. The number of hydrogen-bond donors (Lipinski definition) is 2. The molecule has 1 aliphatic rings. The molecule has 0 atom stereocenters. The number of likely N-dealkylation sites (tertiary alicyclic amines) is 1. The second kappa shape index (κ2) is 7.91. The highest BCUT2D eigenvalue weighted by molar-refractivity contribution is 5.92. The van der Waals surface area contributed by atoms with E-state index in [0.717, 1.165) is 23.1 Å². The van der Waals surface area contributed by atoms with Gasteiger partial charge in [0.05, 0.1) is 39.1 Å². The Morgan fingerprint density at radius 3 is 2.43 bits per heavy atom. The zero-order valence-corrected chi connectivity index (χ0v) is 16.2. The maximum absolute atomic E-state index is 12.7. The van der Waals surface area contributed by atoms with Crippen LogP contribution in [0.25, 0.3) is 0 Å². The Labute approximate surface area is 164 Å². The molecule has 1 aromatic heterocycles. The summed E-state index contributed by atoms with van der Waals surface area (Å²) in [5.41, 5.74) is 0.104. The number of carbonyl (C=O) groups excluding carboxylic acids is 1. The fraction of sp³-hybridized carbons (Fsp3) is 0.364. The Morgan fingerprint density at radius 2 is 1.79 bits per heavy atom. The van der Waals surface area contributed by atoms with Crippen molar-refractivity contribution in [3.8, 4) is 11.8 Å². The quantitative estimate of drug-likeness (QED) is 0.630. The molecule has 0 aliphatic carbocycles. The Bertz CT molecular complexity index is 909. The van der Waals surface area contributed by atoms with Crippen LogP contribution in [0.2, 0.25) is 0 Å². The highest BCUT2D eigenvalue weighted by Gasteiger charge is 2.42. The van der Waals surface area contributed by atoms with Crippen LogP contribution in [0.5, 0.6) is 0 Å². The molecule has 0 bridgehead atoms. The van der Waals surface area contributed by atoms with Crippen molar-refractivity contribution in [1.29, 1.82) is 0 Å². The lowest BCUT2D eigenvalue weighted by molar-refractivity contribution is -0.896. The first-order chi connectivity index (χ1) is 13.3. The molecule has 1 amide bonds. The number of nitrogens with one attached hydrogen (secondary N) is 1. The second-order valence-corrected chi connectivity index (χ2v) is 7.97. The van der Waals surface area contributed by atoms with Crippen molar-refractivity contribution in [2.45, 2.75) is 24.8 Å². The van der Waals surface area contributed by atoms with Crippen molar-refractivity contribution < 1.29 is 23.6 Å². The minimum atomic E-state index is -0.915. The number of piperidine rings is 1. The van der Waals surface area contributed by atoms with Crippen LogP contribution in [0.15, 0.2) is 46.9 Å². The Kier molecular flexibility index (Phi) is 5.57. The van der Waals surface area contributed by atoms with Gasteiger partial charge in [-0.2, -0.15) is 0 Å². The summed E-state index contributed by atoms with van der Waals surface area (Å²) in [6, 6.07) is 12.7. The number of carboxylic acids is 1. The largest absolute Gasteiger partial charge is 0.481 e. The zero-order chi connectivity index (χ0) is 20.2. The predicted octanol–water partition coefficient (Wildman–Crippen LogP) is 2.49. The highest BCUT2D eigenvalue weighted by atomic mass is 16.4. The van der Waals surface area contributed by atoms with E-state index in [1.807, 2.05) is 30.3 Å². The molecule has 0 saturated carbocycles. The first-order valence-electron chi connectivity index (χ1n) is 9.30. The van der Waals surface area contributed by atoms with Crippen molar-refractivity contribution in [2.75, 3.05) is 27.2 Å². The minimum Gasteiger partial charge on any atom is -0.481 e. The molecule has 1 saturated heterocycles. The van der Waals surface area contributed by atoms with E-state index in [9.17, 15) is 14.7 Å². The van der Waals surface area contributed by atoms with Crippen LogP contribution in [0, 0.1) is 11.8 Å². The van der Waals surface area contributed by atoms with Gasteiger partial charge in [-0.25, -0.2) is 0 Å². The van der Waals surface area contributed by atoms with E-state index in [-0.39, 0.29) is 12.2 Å². The fourth-order valence-electron chi connectivity index (χ4n) is 3.39. The summed E-state index contributed by atoms with van der Waals surface area (Å²) in [5.74, 6) is 5.10. The highest BCUT2D eigenvalue weighted by Crippen LogP contribution is 2.28. The molecule has 0 spiro atoms. The molecule has 2 N–H and O–H groups in total. The third kappa shape index (κ3) is 5.02. The first kappa shape index (κ1) is 19.7. The molecule has 2 heterocycles. The van der Waals surface area contributed by atoms with E-state index in [4.69, 9.17) is 4.42 Å². The van der Waals surface area contributed by atoms with Gasteiger partial charge in [0.2, 0.25) is 0 Å². The molecule has 6 nitrogen and oxygen atoms in total. The zero-order valence-electron chi connectivity index (χ0n) is 16.2. The topological polar surface area (TPSA) is 79.5 Å². The molecule has 1 aromatic carbocycles. The number of nitrogens with zero attached hydrogens (tertiary/aromatic N) is 1. The summed E-state index contributed by atoms with van der Waals surface area (Å²) in [4.78, 5) is 24.1. The van der Waals surface area contributed by atoms with Gasteiger partial charge in [0, 0.05) is 18.4 Å². The number of hydrogen-bond acceptors (Lipinski definition) is 3. The van der Waals surface area contributed by atoms with Gasteiger partial charge in [0.15, 0.2) is 11.5 Å². The Balaban J connectivity index is 1.72. The van der Waals surface area contributed by atoms with Crippen LogP contribution in [0.1, 0.15) is 41.1 Å². The summed E-state index contributed by atoms with van der Waals surface area (Å²) in [7, 11) is 4.22. The lowest BCUT2D eigenvalue weighted by Gasteiger charge is -2.44. The maximum Gasteiger partial charge on any atom is 0.305 e. The third-order valence-corrected chi connectivity index (χ3v) is 5.19. The molecule has 0 unspecified atom stereocenters. The molecule has 1 fully saturated rings. The number of quaternary nitrogens is 1. The van der Waals surface area contributed by atoms with E-state index in [1.165, 1.54) is 0 Å². The summed E-state index contributed by atoms with van der Waals surface area (Å²) in [6.07, 6.45) is 1.12. The number of furan rings is 1. The normalized spacial score (nSPS) is 17.2. The van der Waals surface area contributed by atoms with Crippen LogP contribution in [-0.2, 0) is 4.79 Å². The number of amides is 1. The smallest absolute Gasteiger partial charge is 0.305 e. The third-order valence-electron chi connectivity index (χ3n) is 5.19. The van der Waals surface area contributed by atoms with Crippen LogP contribution in [0.3, 0.4) is 0 Å². The monoisotopic (exact) mass is 381 g/mol. The molecule has 28 heavy (non-hydrogen) atoms. The maximum atomic E-state index is 12.7. The molecule has 6 heteroatoms. The summed E-state index contributed by atoms with van der Waals surface area (Å²) in [6.45, 7) is 1.61. The summed E-state index contributed by atoms with van der Waals surface area (Å²) >= 11 is 0. The Hall–Kier alpha value is -3.04. The lowest BCUT2D eigenvalue weighted by Crippen LogP contribution is -2.60. The molecular weight excluding hydrogens is 356 g/mol. The lowest BCUT2D eigenvalue weighted by atomic mass is 9.83. The number of rotatable bonds is 4. The molecule has 0 radical (unpaired) electrons. The fourth-order valence-corrected chi connectivity index (χ4v) is 3.39. The van der Waals surface area contributed by atoms with Gasteiger partial charge in [0.1, 0.15) is 0 Å². The van der Waals surface area contributed by atoms with Gasteiger partial charge in [-0.3, -0.25) is 9.59 Å². The van der Waals surface area contributed by atoms with Crippen molar-refractivity contribution in [2.24, 2.45) is 0 Å². The van der Waals surface area contributed by atoms with Crippen LogP contribution >= 0.6 is 0 Å². The SMILES string of the molecule is C[N+]1(C)CCC(CC(=O)O)(NC(=O)c2ccc(C#Cc3ccccc3)o2)CC1. The van der Waals surface area contributed by atoms with Crippen molar-refractivity contribution in [3.05, 3.63) is 59.5 Å². The van der Waals surface area contributed by atoms with E-state index < -0.39 is 17.4 Å². The number of carbonyl (C=O) groups is 2. The molecule has 1 aliphatic heterocycles. The predicted molar refractivity (Wildman–Crippen MR) is 105 cm³/mol. The average Bonchev–Trinajstić information content (AvgIpc) is 3.12. The van der Waals surface area contributed by atoms with Crippen LogP contribution in [0.4, 0.5) is 0 Å². The summed E-state index contributed by atoms with van der Waals surface area (Å²) in [5, 5.41) is 12.3. The van der Waals surface area contributed by atoms with E-state index in [2.05, 4.69) is 31.3 Å². The van der Waals surface area contributed by atoms with Crippen LogP contribution < -0.4 is 5.32 Å². The number of carboxylic acid groups (broad SMARTS) is 1. The number of benzene rings is 1. The average molecular weight is 381 g/mol. The van der Waals surface area contributed by atoms with Crippen molar-refractivity contribution in [3.63, 3.8) is 0 Å². The van der Waals surface area contributed by atoms with Gasteiger partial charge < -0.3 is 19.3 Å². The van der Waals surface area contributed by atoms with Crippen LogP contribution in [-0.4, -0.2) is 54.2 Å². The van der Waals surface area contributed by atoms with E-state index >= 15 is 0 Å². The Morgan fingerprint density at radius 1 is 1.11 bits per heavy atom. The van der Waals surface area contributed by atoms with E-state index in [0.29, 0.717) is 18.6 Å². The summed E-state index contributed by atoms with van der Waals surface area (Å²) < 4.78 is 6.38. The molecule has 146 valence electrons. The minimum absolute atomic E-state index is 0.0971. The van der Waals surface area contributed by atoms with Gasteiger partial charge in [0.25, 0.3) is 5.91 Å². The van der Waals surface area contributed by atoms with E-state index in [1.54, 1.807) is 12.1 Å². The first-order valence-corrected chi connectivity index (χ1v) is 9.30.